The van der Waals surface area contributed by atoms with Gasteiger partial charge in [0.2, 0.25) is 0 Å². The SMILES string of the molecule is C=C/C(=C\C=C(/C)C(F)(F)CNCc1ccc2c(c1)CN(C(CC)CCCC)C2)C1CC1. The van der Waals surface area contributed by atoms with E-state index in [0.29, 0.717) is 18.5 Å². The van der Waals surface area contributed by atoms with Gasteiger partial charge in [-0.3, -0.25) is 4.90 Å². The molecular formula is C28H40F2N2. The average molecular weight is 443 g/mol. The molecule has 0 amide bonds. The highest BCUT2D eigenvalue weighted by molar-refractivity contribution is 5.35. The van der Waals surface area contributed by atoms with Crippen LogP contribution in [0.1, 0.15) is 76.0 Å². The number of fused-ring (bicyclic) bond motifs is 1. The van der Waals surface area contributed by atoms with Crippen molar-refractivity contribution in [3.8, 4) is 0 Å². The monoisotopic (exact) mass is 442 g/mol. The Morgan fingerprint density at radius 2 is 1.97 bits per heavy atom. The Labute approximate surface area is 193 Å². The lowest BCUT2D eigenvalue weighted by atomic mass is 10.1. The molecule has 1 heterocycles. The first-order chi connectivity index (χ1) is 15.4. The summed E-state index contributed by atoms with van der Waals surface area (Å²) in [6.45, 7) is 11.9. The van der Waals surface area contributed by atoms with E-state index in [1.54, 1.807) is 12.2 Å². The highest BCUT2D eigenvalue weighted by Crippen LogP contribution is 2.37. The van der Waals surface area contributed by atoms with Crippen molar-refractivity contribution in [1.29, 1.82) is 0 Å². The molecule has 1 aromatic rings. The maximum absolute atomic E-state index is 14.6. The Hall–Kier alpha value is -1.78. The maximum atomic E-state index is 14.6. The van der Waals surface area contributed by atoms with Crippen LogP contribution in [0.4, 0.5) is 8.78 Å². The highest BCUT2D eigenvalue weighted by Gasteiger charge is 2.31. The number of rotatable bonds is 13. The zero-order valence-corrected chi connectivity index (χ0v) is 20.1. The van der Waals surface area contributed by atoms with Crippen LogP contribution in [0.15, 0.2) is 54.2 Å². The van der Waals surface area contributed by atoms with Crippen molar-refractivity contribution in [2.75, 3.05) is 6.54 Å². The highest BCUT2D eigenvalue weighted by atomic mass is 19.3. The van der Waals surface area contributed by atoms with Crippen LogP contribution < -0.4 is 5.32 Å². The minimum atomic E-state index is -2.87. The molecule has 4 heteroatoms. The zero-order chi connectivity index (χ0) is 23.1. The van der Waals surface area contributed by atoms with E-state index in [0.717, 1.165) is 37.1 Å². The molecular weight excluding hydrogens is 402 g/mol. The molecule has 0 saturated heterocycles. The van der Waals surface area contributed by atoms with E-state index in [9.17, 15) is 8.78 Å². The van der Waals surface area contributed by atoms with Gasteiger partial charge in [-0.05, 0) is 66.4 Å². The van der Waals surface area contributed by atoms with Crippen LogP contribution in [0.5, 0.6) is 0 Å². The van der Waals surface area contributed by atoms with Gasteiger partial charge in [-0.25, -0.2) is 8.78 Å². The molecule has 1 aliphatic carbocycles. The van der Waals surface area contributed by atoms with Gasteiger partial charge in [-0.2, -0.15) is 0 Å². The van der Waals surface area contributed by atoms with E-state index in [1.807, 2.05) is 6.08 Å². The molecule has 0 radical (unpaired) electrons. The number of hydrogen-bond acceptors (Lipinski definition) is 2. The fourth-order valence-corrected chi connectivity index (χ4v) is 4.56. The van der Waals surface area contributed by atoms with Crippen LogP contribution in [0.2, 0.25) is 0 Å². The van der Waals surface area contributed by atoms with Crippen molar-refractivity contribution in [2.45, 2.75) is 90.9 Å². The Bertz CT molecular complexity index is 836. The average Bonchev–Trinajstić information content (AvgIpc) is 3.53. The van der Waals surface area contributed by atoms with Gasteiger partial charge in [-0.1, -0.05) is 69.7 Å². The molecule has 1 atom stereocenters. The summed E-state index contributed by atoms with van der Waals surface area (Å²) in [5, 5.41) is 2.98. The van der Waals surface area contributed by atoms with Gasteiger partial charge < -0.3 is 5.32 Å². The lowest BCUT2D eigenvalue weighted by Crippen LogP contribution is -2.33. The van der Waals surface area contributed by atoms with E-state index in [4.69, 9.17) is 0 Å². The van der Waals surface area contributed by atoms with Gasteiger partial charge in [0.15, 0.2) is 0 Å². The molecule has 0 bridgehead atoms. The molecule has 1 saturated carbocycles. The largest absolute Gasteiger partial charge is 0.307 e. The van der Waals surface area contributed by atoms with Crippen molar-refractivity contribution in [2.24, 2.45) is 5.92 Å². The van der Waals surface area contributed by atoms with Gasteiger partial charge in [-0.15, -0.1) is 0 Å². The normalized spacial score (nSPS) is 18.7. The molecule has 2 aliphatic rings. The van der Waals surface area contributed by atoms with Crippen molar-refractivity contribution in [3.05, 3.63) is 70.8 Å². The smallest absolute Gasteiger partial charge is 0.281 e. The predicted molar refractivity (Wildman–Crippen MR) is 131 cm³/mol. The fraction of sp³-hybridized carbons (Fsp3) is 0.571. The maximum Gasteiger partial charge on any atom is 0.281 e. The van der Waals surface area contributed by atoms with Crippen molar-refractivity contribution >= 4 is 0 Å². The van der Waals surface area contributed by atoms with Crippen LogP contribution in [-0.2, 0) is 19.6 Å². The van der Waals surface area contributed by atoms with Gasteiger partial charge in [0.25, 0.3) is 5.92 Å². The molecule has 1 aliphatic heterocycles. The topological polar surface area (TPSA) is 15.3 Å². The second-order valence-electron chi connectivity index (χ2n) is 9.52. The van der Waals surface area contributed by atoms with E-state index >= 15 is 0 Å². The molecule has 1 fully saturated rings. The van der Waals surface area contributed by atoms with Crippen LogP contribution in [0.25, 0.3) is 0 Å². The number of hydrogen-bond donors (Lipinski definition) is 1. The lowest BCUT2D eigenvalue weighted by Gasteiger charge is -2.26. The summed E-state index contributed by atoms with van der Waals surface area (Å²) < 4.78 is 29.2. The van der Waals surface area contributed by atoms with E-state index in [2.05, 4.69) is 48.8 Å². The lowest BCUT2D eigenvalue weighted by molar-refractivity contribution is 0.0416. The molecule has 3 rings (SSSR count). The fourth-order valence-electron chi connectivity index (χ4n) is 4.56. The minimum absolute atomic E-state index is 0.0901. The second kappa shape index (κ2) is 11.4. The molecule has 1 N–H and O–H groups in total. The molecule has 32 heavy (non-hydrogen) atoms. The number of nitrogens with zero attached hydrogens (tertiary/aromatic N) is 1. The minimum Gasteiger partial charge on any atom is -0.307 e. The van der Waals surface area contributed by atoms with Crippen LogP contribution >= 0.6 is 0 Å². The Balaban J connectivity index is 1.52. The first-order valence-corrected chi connectivity index (χ1v) is 12.3. The van der Waals surface area contributed by atoms with Gasteiger partial charge in [0.1, 0.15) is 0 Å². The van der Waals surface area contributed by atoms with Gasteiger partial charge >= 0.3 is 0 Å². The number of halogens is 2. The Morgan fingerprint density at radius 3 is 2.62 bits per heavy atom. The van der Waals surface area contributed by atoms with Crippen molar-refractivity contribution < 1.29 is 8.78 Å². The number of nitrogens with one attached hydrogen (secondary N) is 1. The molecule has 1 unspecified atom stereocenters. The number of benzene rings is 1. The summed E-state index contributed by atoms with van der Waals surface area (Å²) in [4.78, 5) is 2.58. The number of alkyl halides is 2. The summed E-state index contributed by atoms with van der Waals surface area (Å²) >= 11 is 0. The number of unbranched alkanes of at least 4 members (excludes halogenated alkanes) is 1. The van der Waals surface area contributed by atoms with Crippen molar-refractivity contribution in [3.63, 3.8) is 0 Å². The van der Waals surface area contributed by atoms with Crippen LogP contribution in [0.3, 0.4) is 0 Å². The third-order valence-corrected chi connectivity index (χ3v) is 6.96. The second-order valence-corrected chi connectivity index (χ2v) is 9.52. The molecule has 0 spiro atoms. The summed E-state index contributed by atoms with van der Waals surface area (Å²) in [6.07, 6.45) is 12.4. The van der Waals surface area contributed by atoms with Gasteiger partial charge in [0, 0.05) is 25.7 Å². The standard InChI is InChI=1S/C28H40F2N2/c1-5-8-9-27(7-3)32-18-25-13-11-22(16-26(25)19-32)17-31-20-28(29,30)21(4)10-12-23(6-2)24-14-15-24/h6,10-13,16,24,27,31H,2,5,7-9,14-15,17-20H2,1,3-4H3/b21-10+,23-12+. The quantitative estimate of drug-likeness (QED) is 0.326. The molecule has 1 aromatic carbocycles. The number of allylic oxidation sites excluding steroid dienone is 4. The van der Waals surface area contributed by atoms with E-state index < -0.39 is 5.92 Å². The molecule has 0 aromatic heterocycles. The summed E-state index contributed by atoms with van der Waals surface area (Å²) in [5.74, 6) is -2.36. The summed E-state index contributed by atoms with van der Waals surface area (Å²) in [7, 11) is 0. The summed E-state index contributed by atoms with van der Waals surface area (Å²) in [5.41, 5.74) is 4.97. The summed E-state index contributed by atoms with van der Waals surface area (Å²) in [6, 6.07) is 7.09. The van der Waals surface area contributed by atoms with Crippen molar-refractivity contribution in [1.82, 2.24) is 10.2 Å². The Kier molecular flexibility index (Phi) is 8.84. The Morgan fingerprint density at radius 1 is 1.22 bits per heavy atom. The van der Waals surface area contributed by atoms with E-state index in [1.165, 1.54) is 43.7 Å². The first kappa shape index (κ1) is 24.9. The predicted octanol–water partition coefficient (Wildman–Crippen LogP) is 7.16. The van der Waals surface area contributed by atoms with Gasteiger partial charge in [0.05, 0.1) is 6.54 Å². The van der Waals surface area contributed by atoms with E-state index in [-0.39, 0.29) is 12.1 Å². The van der Waals surface area contributed by atoms with Crippen LogP contribution in [-0.4, -0.2) is 23.4 Å². The molecule has 2 nitrogen and oxygen atoms in total. The zero-order valence-electron chi connectivity index (χ0n) is 20.1. The molecule has 176 valence electrons. The third kappa shape index (κ3) is 6.62. The first-order valence-electron chi connectivity index (χ1n) is 12.3. The van der Waals surface area contributed by atoms with Crippen LogP contribution in [0, 0.1) is 5.92 Å². The third-order valence-electron chi connectivity index (χ3n) is 6.96.